The van der Waals surface area contributed by atoms with Crippen LogP contribution in [0.4, 0.5) is 5.69 Å². The van der Waals surface area contributed by atoms with Gasteiger partial charge in [0, 0.05) is 29.7 Å². The number of hydrogen-bond acceptors (Lipinski definition) is 2. The van der Waals surface area contributed by atoms with Crippen molar-refractivity contribution in [1.29, 1.82) is 0 Å². The lowest BCUT2D eigenvalue weighted by Crippen LogP contribution is -2.10. The van der Waals surface area contributed by atoms with Crippen molar-refractivity contribution in [3.05, 3.63) is 64.1 Å². The van der Waals surface area contributed by atoms with Crippen molar-refractivity contribution in [2.75, 3.05) is 19.0 Å². The maximum Gasteiger partial charge on any atom is 0.193 e. The minimum absolute atomic E-state index is 0.0432. The van der Waals surface area contributed by atoms with Crippen LogP contribution in [0.2, 0.25) is 0 Å². The van der Waals surface area contributed by atoms with E-state index in [1.54, 1.807) is 0 Å². The van der Waals surface area contributed by atoms with Crippen LogP contribution < -0.4 is 4.90 Å². The van der Waals surface area contributed by atoms with E-state index in [4.69, 9.17) is 0 Å². The maximum atomic E-state index is 12.2. The van der Waals surface area contributed by atoms with Crippen molar-refractivity contribution < 1.29 is 4.79 Å². The molecule has 0 amide bonds. The summed E-state index contributed by atoms with van der Waals surface area (Å²) in [6, 6.07) is 15.0. The summed E-state index contributed by atoms with van der Waals surface area (Å²) < 4.78 is 0.925. The Bertz CT molecular complexity index is 564. The SMILES string of the molecule is CN(C)c1ccc(C(=O)c2ccccc2)cc1Br. The number of carbonyl (C=O) groups excluding carboxylic acids is 1. The van der Waals surface area contributed by atoms with Crippen LogP contribution in [-0.2, 0) is 0 Å². The molecule has 0 aliphatic carbocycles. The summed E-state index contributed by atoms with van der Waals surface area (Å²) in [6.45, 7) is 0. The van der Waals surface area contributed by atoms with Crippen LogP contribution >= 0.6 is 15.9 Å². The first-order valence-electron chi connectivity index (χ1n) is 5.66. The van der Waals surface area contributed by atoms with Gasteiger partial charge < -0.3 is 4.90 Å². The lowest BCUT2D eigenvalue weighted by molar-refractivity contribution is 0.103. The van der Waals surface area contributed by atoms with Gasteiger partial charge in [0.25, 0.3) is 0 Å². The molecule has 0 heterocycles. The Labute approximate surface area is 115 Å². The molecule has 0 saturated heterocycles. The highest BCUT2D eigenvalue weighted by molar-refractivity contribution is 9.10. The van der Waals surface area contributed by atoms with Gasteiger partial charge in [0.2, 0.25) is 0 Å². The van der Waals surface area contributed by atoms with Crippen LogP contribution in [-0.4, -0.2) is 19.9 Å². The third-order valence-electron chi connectivity index (χ3n) is 2.73. The average Bonchev–Trinajstić information content (AvgIpc) is 2.38. The van der Waals surface area contributed by atoms with Gasteiger partial charge in [-0.2, -0.15) is 0 Å². The summed E-state index contributed by atoms with van der Waals surface area (Å²) in [5.41, 5.74) is 2.46. The van der Waals surface area contributed by atoms with Gasteiger partial charge in [-0.3, -0.25) is 4.79 Å². The molecule has 0 radical (unpaired) electrons. The largest absolute Gasteiger partial charge is 0.377 e. The molecule has 0 fully saturated rings. The highest BCUT2D eigenvalue weighted by Gasteiger charge is 2.11. The Hall–Kier alpha value is -1.61. The van der Waals surface area contributed by atoms with Crippen molar-refractivity contribution in [2.45, 2.75) is 0 Å². The molecule has 0 atom stereocenters. The van der Waals surface area contributed by atoms with Gasteiger partial charge >= 0.3 is 0 Å². The van der Waals surface area contributed by atoms with E-state index in [9.17, 15) is 4.79 Å². The number of halogens is 1. The van der Waals surface area contributed by atoms with E-state index in [1.807, 2.05) is 67.5 Å². The predicted molar refractivity (Wildman–Crippen MR) is 78.3 cm³/mol. The Balaban J connectivity index is 2.36. The Morgan fingerprint density at radius 3 is 2.22 bits per heavy atom. The predicted octanol–water partition coefficient (Wildman–Crippen LogP) is 3.75. The van der Waals surface area contributed by atoms with Crippen LogP contribution in [0.25, 0.3) is 0 Å². The van der Waals surface area contributed by atoms with E-state index < -0.39 is 0 Å². The summed E-state index contributed by atoms with van der Waals surface area (Å²) in [5.74, 6) is 0.0432. The number of anilines is 1. The number of hydrogen-bond donors (Lipinski definition) is 0. The number of nitrogens with zero attached hydrogens (tertiary/aromatic N) is 1. The monoisotopic (exact) mass is 303 g/mol. The molecule has 0 aliphatic rings. The van der Waals surface area contributed by atoms with Gasteiger partial charge in [-0.25, -0.2) is 0 Å². The molecule has 0 aromatic heterocycles. The van der Waals surface area contributed by atoms with Crippen molar-refractivity contribution in [3.8, 4) is 0 Å². The second-order valence-corrected chi connectivity index (χ2v) is 5.11. The summed E-state index contributed by atoms with van der Waals surface area (Å²) in [4.78, 5) is 14.2. The molecular weight excluding hydrogens is 290 g/mol. The normalized spacial score (nSPS) is 10.2. The third kappa shape index (κ3) is 2.62. The Morgan fingerprint density at radius 1 is 1.00 bits per heavy atom. The summed E-state index contributed by atoms with van der Waals surface area (Å²) in [5, 5.41) is 0. The first kappa shape index (κ1) is 12.8. The molecule has 0 aliphatic heterocycles. The summed E-state index contributed by atoms with van der Waals surface area (Å²) in [7, 11) is 3.94. The van der Waals surface area contributed by atoms with Gasteiger partial charge in [0.05, 0.1) is 5.69 Å². The van der Waals surface area contributed by atoms with E-state index in [0.717, 1.165) is 10.2 Å². The number of benzene rings is 2. The van der Waals surface area contributed by atoms with Crippen LogP contribution in [0.1, 0.15) is 15.9 Å². The molecule has 0 saturated carbocycles. The Morgan fingerprint density at radius 2 is 1.67 bits per heavy atom. The van der Waals surface area contributed by atoms with Gasteiger partial charge in [0.15, 0.2) is 5.78 Å². The number of ketones is 1. The molecular formula is C15H14BrNO. The van der Waals surface area contributed by atoms with Crippen molar-refractivity contribution in [3.63, 3.8) is 0 Å². The second kappa shape index (κ2) is 5.36. The molecule has 0 bridgehead atoms. The second-order valence-electron chi connectivity index (χ2n) is 4.26. The van der Waals surface area contributed by atoms with Crippen LogP contribution in [0, 0.1) is 0 Å². The first-order chi connectivity index (χ1) is 8.59. The zero-order chi connectivity index (χ0) is 13.1. The molecule has 2 aromatic rings. The van der Waals surface area contributed by atoms with Crippen LogP contribution in [0.15, 0.2) is 53.0 Å². The minimum atomic E-state index is 0.0432. The van der Waals surface area contributed by atoms with Gasteiger partial charge in [0.1, 0.15) is 0 Å². The highest BCUT2D eigenvalue weighted by atomic mass is 79.9. The fourth-order valence-corrected chi connectivity index (χ4v) is 2.50. The number of rotatable bonds is 3. The van der Waals surface area contributed by atoms with E-state index in [1.165, 1.54) is 0 Å². The zero-order valence-electron chi connectivity index (χ0n) is 10.4. The maximum absolute atomic E-state index is 12.2. The molecule has 0 unspecified atom stereocenters. The molecule has 2 rings (SSSR count). The van der Waals surface area contributed by atoms with Crippen molar-refractivity contribution in [1.82, 2.24) is 0 Å². The van der Waals surface area contributed by atoms with E-state index >= 15 is 0 Å². The fraction of sp³-hybridized carbons (Fsp3) is 0.133. The van der Waals surface area contributed by atoms with E-state index in [-0.39, 0.29) is 5.78 Å². The first-order valence-corrected chi connectivity index (χ1v) is 6.45. The molecule has 0 N–H and O–H groups in total. The Kier molecular flexibility index (Phi) is 3.82. The zero-order valence-corrected chi connectivity index (χ0v) is 11.9. The molecule has 2 aromatic carbocycles. The third-order valence-corrected chi connectivity index (χ3v) is 3.36. The molecule has 18 heavy (non-hydrogen) atoms. The van der Waals surface area contributed by atoms with E-state index in [0.29, 0.717) is 11.1 Å². The van der Waals surface area contributed by atoms with Gasteiger partial charge in [-0.15, -0.1) is 0 Å². The minimum Gasteiger partial charge on any atom is -0.377 e. The van der Waals surface area contributed by atoms with E-state index in [2.05, 4.69) is 15.9 Å². The highest BCUT2D eigenvalue weighted by Crippen LogP contribution is 2.26. The van der Waals surface area contributed by atoms with Gasteiger partial charge in [-0.1, -0.05) is 30.3 Å². The quantitative estimate of drug-likeness (QED) is 0.805. The molecule has 2 nitrogen and oxygen atoms in total. The summed E-state index contributed by atoms with van der Waals surface area (Å²) in [6.07, 6.45) is 0. The lowest BCUT2D eigenvalue weighted by atomic mass is 10.0. The van der Waals surface area contributed by atoms with Gasteiger partial charge in [-0.05, 0) is 34.1 Å². The average molecular weight is 304 g/mol. The fourth-order valence-electron chi connectivity index (χ4n) is 1.77. The van der Waals surface area contributed by atoms with Crippen LogP contribution in [0.3, 0.4) is 0 Å². The van der Waals surface area contributed by atoms with Crippen molar-refractivity contribution >= 4 is 27.4 Å². The standard InChI is InChI=1S/C15H14BrNO/c1-17(2)14-9-8-12(10-13(14)16)15(18)11-6-4-3-5-7-11/h3-10H,1-2H3. The summed E-state index contributed by atoms with van der Waals surface area (Å²) >= 11 is 3.49. The number of carbonyl (C=O) groups is 1. The molecule has 0 spiro atoms. The topological polar surface area (TPSA) is 20.3 Å². The molecule has 3 heteroatoms. The van der Waals surface area contributed by atoms with Crippen LogP contribution in [0.5, 0.6) is 0 Å². The lowest BCUT2D eigenvalue weighted by Gasteiger charge is -2.15. The molecule has 92 valence electrons. The van der Waals surface area contributed by atoms with Crippen molar-refractivity contribution in [2.24, 2.45) is 0 Å². The smallest absolute Gasteiger partial charge is 0.193 e.